The zero-order chi connectivity index (χ0) is 20.5. The number of aromatic nitrogens is 3. The second kappa shape index (κ2) is 7.75. The van der Waals surface area contributed by atoms with Gasteiger partial charge in [-0.25, -0.2) is 4.98 Å². The van der Waals surface area contributed by atoms with E-state index < -0.39 is 0 Å². The highest BCUT2D eigenvalue weighted by atomic mass is 32.2. The van der Waals surface area contributed by atoms with Crippen LogP contribution in [0.5, 0.6) is 0 Å². The van der Waals surface area contributed by atoms with Crippen LogP contribution in [0.2, 0.25) is 0 Å². The van der Waals surface area contributed by atoms with Crippen molar-refractivity contribution in [2.24, 2.45) is 0 Å². The zero-order valence-electron chi connectivity index (χ0n) is 16.6. The number of H-pyrrole nitrogens is 1. The molecular formula is C22H22N4O2S. The standard InChI is InChI=1S/C22H22N4O2S/c1-4-26-21(28)20-19(15-7-5-6-8-17(15)24-20)25-22(26)29-12-18(27)23-16-10-9-13(2)11-14(16)3/h5-11,24H,4,12H2,1-3H3,(H,23,27). The Kier molecular flexibility index (Phi) is 5.15. The van der Waals surface area contributed by atoms with Crippen molar-refractivity contribution in [1.29, 1.82) is 0 Å². The number of amides is 1. The molecule has 1 amide bonds. The number of aromatic amines is 1. The first kappa shape index (κ1) is 19.3. The number of benzene rings is 2. The summed E-state index contributed by atoms with van der Waals surface area (Å²) in [6.07, 6.45) is 0. The average molecular weight is 407 g/mol. The summed E-state index contributed by atoms with van der Waals surface area (Å²) in [5.74, 6) is 0.0473. The first-order chi connectivity index (χ1) is 14.0. The molecule has 6 nitrogen and oxygen atoms in total. The third kappa shape index (κ3) is 3.65. The molecule has 0 saturated carbocycles. The molecule has 0 spiro atoms. The molecule has 2 heterocycles. The molecule has 4 aromatic rings. The summed E-state index contributed by atoms with van der Waals surface area (Å²) in [4.78, 5) is 33.3. The molecule has 0 fully saturated rings. The number of hydrogen-bond donors (Lipinski definition) is 2. The molecule has 4 rings (SSSR count). The quantitative estimate of drug-likeness (QED) is 0.384. The van der Waals surface area contributed by atoms with Gasteiger partial charge in [0.1, 0.15) is 11.0 Å². The number of hydrogen-bond acceptors (Lipinski definition) is 4. The summed E-state index contributed by atoms with van der Waals surface area (Å²) in [5, 5.41) is 4.39. The predicted octanol–water partition coefficient (Wildman–Crippen LogP) is 4.25. The van der Waals surface area contributed by atoms with Gasteiger partial charge in [-0.2, -0.15) is 0 Å². The normalized spacial score (nSPS) is 11.3. The first-order valence-corrected chi connectivity index (χ1v) is 10.5. The predicted molar refractivity (Wildman–Crippen MR) is 119 cm³/mol. The molecule has 2 aromatic heterocycles. The van der Waals surface area contributed by atoms with Crippen molar-refractivity contribution in [2.45, 2.75) is 32.5 Å². The zero-order valence-corrected chi connectivity index (χ0v) is 17.4. The van der Waals surface area contributed by atoms with Gasteiger partial charge in [0.2, 0.25) is 5.91 Å². The molecule has 0 aliphatic carbocycles. The average Bonchev–Trinajstić information content (AvgIpc) is 3.08. The summed E-state index contributed by atoms with van der Waals surface area (Å²) in [6, 6.07) is 13.6. The number of para-hydroxylation sites is 1. The van der Waals surface area contributed by atoms with Gasteiger partial charge in [0.25, 0.3) is 5.56 Å². The van der Waals surface area contributed by atoms with Crippen LogP contribution >= 0.6 is 11.8 Å². The Bertz CT molecular complexity index is 1290. The van der Waals surface area contributed by atoms with Crippen LogP contribution in [0, 0.1) is 13.8 Å². The molecular weight excluding hydrogens is 384 g/mol. The van der Waals surface area contributed by atoms with Crippen LogP contribution in [-0.2, 0) is 11.3 Å². The van der Waals surface area contributed by atoms with Gasteiger partial charge in [0.05, 0.1) is 5.75 Å². The highest BCUT2D eigenvalue weighted by molar-refractivity contribution is 7.99. The number of carbonyl (C=O) groups excluding carboxylic acids is 1. The van der Waals surface area contributed by atoms with E-state index in [0.29, 0.717) is 22.7 Å². The lowest BCUT2D eigenvalue weighted by molar-refractivity contribution is -0.113. The van der Waals surface area contributed by atoms with Crippen molar-refractivity contribution >= 4 is 45.3 Å². The van der Waals surface area contributed by atoms with E-state index >= 15 is 0 Å². The maximum atomic E-state index is 12.9. The van der Waals surface area contributed by atoms with Crippen molar-refractivity contribution in [1.82, 2.24) is 14.5 Å². The SMILES string of the molecule is CCn1c(SCC(=O)Nc2ccc(C)cc2C)nc2c([nH]c3ccccc32)c1=O. The second-order valence-corrected chi connectivity index (χ2v) is 7.94. The third-order valence-electron chi connectivity index (χ3n) is 4.88. The Morgan fingerprint density at radius 2 is 2.00 bits per heavy atom. The third-order valence-corrected chi connectivity index (χ3v) is 5.86. The fourth-order valence-corrected chi connectivity index (χ4v) is 4.29. The van der Waals surface area contributed by atoms with Gasteiger partial charge < -0.3 is 10.3 Å². The van der Waals surface area contributed by atoms with Crippen molar-refractivity contribution < 1.29 is 4.79 Å². The minimum atomic E-state index is -0.127. The Balaban J connectivity index is 1.62. The number of aryl methyl sites for hydroxylation is 2. The molecule has 0 saturated heterocycles. The van der Waals surface area contributed by atoms with Gasteiger partial charge in [0.15, 0.2) is 5.16 Å². The van der Waals surface area contributed by atoms with E-state index in [-0.39, 0.29) is 17.2 Å². The molecule has 2 aromatic carbocycles. The van der Waals surface area contributed by atoms with E-state index in [0.717, 1.165) is 27.7 Å². The molecule has 0 aliphatic heterocycles. The minimum Gasteiger partial charge on any atom is -0.349 e. The molecule has 0 bridgehead atoms. The molecule has 7 heteroatoms. The van der Waals surface area contributed by atoms with E-state index in [9.17, 15) is 9.59 Å². The maximum Gasteiger partial charge on any atom is 0.278 e. The van der Waals surface area contributed by atoms with E-state index in [1.54, 1.807) is 4.57 Å². The number of carbonyl (C=O) groups is 1. The van der Waals surface area contributed by atoms with Crippen LogP contribution in [-0.4, -0.2) is 26.2 Å². The summed E-state index contributed by atoms with van der Waals surface area (Å²) in [7, 11) is 0. The summed E-state index contributed by atoms with van der Waals surface area (Å²) < 4.78 is 1.60. The smallest absolute Gasteiger partial charge is 0.278 e. The van der Waals surface area contributed by atoms with Crippen LogP contribution in [0.3, 0.4) is 0 Å². The van der Waals surface area contributed by atoms with Gasteiger partial charge >= 0.3 is 0 Å². The molecule has 2 N–H and O–H groups in total. The fraction of sp³-hybridized carbons (Fsp3) is 0.227. The van der Waals surface area contributed by atoms with Gasteiger partial charge in [-0.3, -0.25) is 14.2 Å². The molecule has 148 valence electrons. The monoisotopic (exact) mass is 406 g/mol. The van der Waals surface area contributed by atoms with Crippen LogP contribution in [0.4, 0.5) is 5.69 Å². The maximum absolute atomic E-state index is 12.9. The Morgan fingerprint density at radius 3 is 2.76 bits per heavy atom. The van der Waals surface area contributed by atoms with Crippen LogP contribution in [0.1, 0.15) is 18.1 Å². The van der Waals surface area contributed by atoms with Crippen LogP contribution < -0.4 is 10.9 Å². The molecule has 0 aliphatic rings. The molecule has 0 radical (unpaired) electrons. The van der Waals surface area contributed by atoms with E-state index in [2.05, 4.69) is 10.3 Å². The van der Waals surface area contributed by atoms with Crippen LogP contribution in [0.15, 0.2) is 52.4 Å². The first-order valence-electron chi connectivity index (χ1n) is 9.49. The van der Waals surface area contributed by atoms with Crippen molar-refractivity contribution in [3.63, 3.8) is 0 Å². The molecule has 0 unspecified atom stereocenters. The van der Waals surface area contributed by atoms with Gasteiger partial charge in [-0.15, -0.1) is 0 Å². The topological polar surface area (TPSA) is 79.8 Å². The summed E-state index contributed by atoms with van der Waals surface area (Å²) >= 11 is 1.27. The minimum absolute atomic E-state index is 0.119. The number of anilines is 1. The van der Waals surface area contributed by atoms with E-state index in [1.807, 2.05) is 63.2 Å². The Morgan fingerprint density at radius 1 is 1.21 bits per heavy atom. The summed E-state index contributed by atoms with van der Waals surface area (Å²) in [6.45, 7) is 6.37. The largest absolute Gasteiger partial charge is 0.349 e. The number of fused-ring (bicyclic) bond motifs is 3. The fourth-order valence-electron chi connectivity index (χ4n) is 3.44. The van der Waals surface area contributed by atoms with E-state index in [4.69, 9.17) is 4.98 Å². The number of rotatable bonds is 5. The highest BCUT2D eigenvalue weighted by Crippen LogP contribution is 2.25. The van der Waals surface area contributed by atoms with Crippen molar-refractivity contribution in [3.8, 4) is 0 Å². The Hall–Kier alpha value is -3.06. The van der Waals surface area contributed by atoms with Crippen LogP contribution in [0.25, 0.3) is 21.9 Å². The number of nitrogens with zero attached hydrogens (tertiary/aromatic N) is 2. The highest BCUT2D eigenvalue weighted by Gasteiger charge is 2.16. The lowest BCUT2D eigenvalue weighted by Gasteiger charge is -2.11. The van der Waals surface area contributed by atoms with Gasteiger partial charge in [-0.1, -0.05) is 47.7 Å². The summed E-state index contributed by atoms with van der Waals surface area (Å²) in [5.41, 5.74) is 4.87. The number of nitrogens with one attached hydrogen (secondary N) is 2. The second-order valence-electron chi connectivity index (χ2n) is 6.99. The Labute approximate surface area is 172 Å². The van der Waals surface area contributed by atoms with Gasteiger partial charge in [0, 0.05) is 23.1 Å². The van der Waals surface area contributed by atoms with E-state index in [1.165, 1.54) is 11.8 Å². The van der Waals surface area contributed by atoms with Crippen molar-refractivity contribution in [2.75, 3.05) is 11.1 Å². The lowest BCUT2D eigenvalue weighted by Crippen LogP contribution is -2.23. The number of thioether (sulfide) groups is 1. The molecule has 0 atom stereocenters. The van der Waals surface area contributed by atoms with Gasteiger partial charge in [-0.05, 0) is 38.5 Å². The molecule has 29 heavy (non-hydrogen) atoms. The lowest BCUT2D eigenvalue weighted by atomic mass is 10.1. The van der Waals surface area contributed by atoms with Crippen molar-refractivity contribution in [3.05, 3.63) is 63.9 Å².